The number of carbonyl (C=O) groups excluding carboxylic acids is 1. The zero-order chi connectivity index (χ0) is 15.5. The monoisotopic (exact) mass is 311 g/mol. The Morgan fingerprint density at radius 3 is 2.62 bits per heavy atom. The summed E-state index contributed by atoms with van der Waals surface area (Å²) in [5.41, 5.74) is 1.21. The summed E-state index contributed by atoms with van der Waals surface area (Å²) in [6.45, 7) is 3.93. The van der Waals surface area contributed by atoms with E-state index in [0.717, 1.165) is 24.5 Å². The summed E-state index contributed by atoms with van der Waals surface area (Å²) in [7, 11) is 1.38. The van der Waals surface area contributed by atoms with Gasteiger partial charge in [-0.2, -0.15) is 0 Å². The van der Waals surface area contributed by atoms with Gasteiger partial charge in [-0.15, -0.1) is 0 Å². The summed E-state index contributed by atoms with van der Waals surface area (Å²) in [4.78, 5) is 15.4. The van der Waals surface area contributed by atoms with Gasteiger partial charge in [0.15, 0.2) is 5.96 Å². The van der Waals surface area contributed by atoms with Crippen molar-refractivity contribution in [3.8, 4) is 0 Å². The van der Waals surface area contributed by atoms with Gasteiger partial charge in [-0.05, 0) is 31.0 Å². The number of guanidine groups is 1. The van der Waals surface area contributed by atoms with Crippen LogP contribution in [0.15, 0.2) is 29.3 Å². The fraction of sp³-hybridized carbons (Fsp3) is 0.467. The first kappa shape index (κ1) is 17.3. The SMILES string of the molecule is CCNC(=NCCC(=O)OC)NCCc1ccc(Cl)cc1. The van der Waals surface area contributed by atoms with E-state index in [1.807, 2.05) is 31.2 Å². The van der Waals surface area contributed by atoms with Gasteiger partial charge in [0.05, 0.1) is 20.1 Å². The minimum atomic E-state index is -0.254. The number of hydrogen-bond acceptors (Lipinski definition) is 3. The molecule has 0 saturated heterocycles. The average Bonchev–Trinajstić information content (AvgIpc) is 2.49. The molecule has 21 heavy (non-hydrogen) atoms. The predicted octanol–water partition coefficient (Wildman–Crippen LogP) is 2.00. The number of methoxy groups -OCH3 is 1. The molecule has 0 aliphatic heterocycles. The summed E-state index contributed by atoms with van der Waals surface area (Å²) in [6.07, 6.45) is 1.16. The Labute approximate surface area is 130 Å². The fourth-order valence-electron chi connectivity index (χ4n) is 1.68. The van der Waals surface area contributed by atoms with Crippen molar-refractivity contribution < 1.29 is 9.53 Å². The van der Waals surface area contributed by atoms with Crippen LogP contribution in [0.5, 0.6) is 0 Å². The first-order chi connectivity index (χ1) is 10.2. The third-order valence-electron chi connectivity index (χ3n) is 2.78. The number of hydrogen-bond donors (Lipinski definition) is 2. The average molecular weight is 312 g/mol. The maximum absolute atomic E-state index is 11.0. The van der Waals surface area contributed by atoms with Gasteiger partial charge in [-0.25, -0.2) is 0 Å². The topological polar surface area (TPSA) is 62.7 Å². The van der Waals surface area contributed by atoms with Crippen LogP contribution in [0, 0.1) is 0 Å². The van der Waals surface area contributed by atoms with Crippen molar-refractivity contribution in [2.75, 3.05) is 26.7 Å². The Balaban J connectivity index is 2.37. The zero-order valence-electron chi connectivity index (χ0n) is 12.5. The van der Waals surface area contributed by atoms with Crippen molar-refractivity contribution >= 4 is 23.5 Å². The lowest BCUT2D eigenvalue weighted by atomic mass is 10.1. The van der Waals surface area contributed by atoms with Gasteiger partial charge < -0.3 is 15.4 Å². The summed E-state index contributed by atoms with van der Waals surface area (Å²) < 4.78 is 4.58. The van der Waals surface area contributed by atoms with Crippen molar-refractivity contribution in [3.05, 3.63) is 34.9 Å². The molecule has 0 amide bonds. The first-order valence-corrected chi connectivity index (χ1v) is 7.37. The molecule has 6 heteroatoms. The van der Waals surface area contributed by atoms with Crippen LogP contribution in [0.4, 0.5) is 0 Å². The minimum absolute atomic E-state index is 0.254. The molecular formula is C15H22ClN3O2. The van der Waals surface area contributed by atoms with Crippen molar-refractivity contribution in [1.29, 1.82) is 0 Å². The molecule has 0 heterocycles. The number of aliphatic imine (C=N–C) groups is 1. The third kappa shape index (κ3) is 7.56. The zero-order valence-corrected chi connectivity index (χ0v) is 13.2. The van der Waals surface area contributed by atoms with Gasteiger partial charge in [-0.3, -0.25) is 9.79 Å². The molecule has 0 aliphatic carbocycles. The van der Waals surface area contributed by atoms with Crippen LogP contribution in [0.2, 0.25) is 5.02 Å². The molecule has 1 aromatic carbocycles. The highest BCUT2D eigenvalue weighted by atomic mass is 35.5. The lowest BCUT2D eigenvalue weighted by Gasteiger charge is -2.11. The fourth-order valence-corrected chi connectivity index (χ4v) is 1.81. The Morgan fingerprint density at radius 1 is 1.29 bits per heavy atom. The Kier molecular flexibility index (Phi) is 8.28. The normalized spacial score (nSPS) is 11.1. The van der Waals surface area contributed by atoms with Crippen LogP contribution in [0.1, 0.15) is 18.9 Å². The molecule has 0 bridgehead atoms. The van der Waals surface area contributed by atoms with Gasteiger partial charge >= 0.3 is 5.97 Å². The number of carbonyl (C=O) groups is 1. The standard InChI is InChI=1S/C15H22ClN3O2/c1-3-17-15(19-11-9-14(20)21-2)18-10-8-12-4-6-13(16)7-5-12/h4-7H,3,8-11H2,1-2H3,(H2,17,18,19). The molecule has 0 unspecified atom stereocenters. The predicted molar refractivity (Wildman–Crippen MR) is 85.8 cm³/mol. The third-order valence-corrected chi connectivity index (χ3v) is 3.03. The molecule has 5 nitrogen and oxygen atoms in total. The van der Waals surface area contributed by atoms with Gasteiger partial charge in [0.1, 0.15) is 0 Å². The second-order valence-corrected chi connectivity index (χ2v) is 4.83. The Bertz CT molecular complexity index is 460. The summed E-state index contributed by atoms with van der Waals surface area (Å²) in [6, 6.07) is 7.77. The molecule has 0 aromatic heterocycles. The Hall–Kier alpha value is -1.75. The highest BCUT2D eigenvalue weighted by Gasteiger charge is 2.01. The van der Waals surface area contributed by atoms with E-state index in [-0.39, 0.29) is 12.4 Å². The number of halogens is 1. The number of esters is 1. The summed E-state index contributed by atoms with van der Waals surface area (Å²) in [5, 5.41) is 7.10. The van der Waals surface area contributed by atoms with Gasteiger partial charge in [0.2, 0.25) is 0 Å². The van der Waals surface area contributed by atoms with Gasteiger partial charge in [-0.1, -0.05) is 23.7 Å². The van der Waals surface area contributed by atoms with E-state index in [1.165, 1.54) is 12.7 Å². The van der Waals surface area contributed by atoms with Crippen LogP contribution >= 0.6 is 11.6 Å². The second kappa shape index (κ2) is 10.0. The maximum Gasteiger partial charge on any atom is 0.307 e. The molecule has 1 aromatic rings. The number of benzene rings is 1. The maximum atomic E-state index is 11.0. The molecular weight excluding hydrogens is 290 g/mol. The summed E-state index contributed by atoms with van der Waals surface area (Å²) in [5.74, 6) is 0.450. The smallest absolute Gasteiger partial charge is 0.307 e. The molecule has 2 N–H and O–H groups in total. The van der Waals surface area contributed by atoms with Crippen LogP contribution in [0.25, 0.3) is 0 Å². The van der Waals surface area contributed by atoms with Crippen molar-refractivity contribution in [1.82, 2.24) is 10.6 Å². The van der Waals surface area contributed by atoms with Crippen LogP contribution in [0.3, 0.4) is 0 Å². The van der Waals surface area contributed by atoms with E-state index >= 15 is 0 Å². The van der Waals surface area contributed by atoms with Crippen molar-refractivity contribution in [3.63, 3.8) is 0 Å². The number of rotatable bonds is 7. The molecule has 1 rings (SSSR count). The second-order valence-electron chi connectivity index (χ2n) is 4.39. The molecule has 0 radical (unpaired) electrons. The molecule has 116 valence electrons. The molecule has 0 aliphatic rings. The van der Waals surface area contributed by atoms with E-state index in [1.54, 1.807) is 0 Å². The van der Waals surface area contributed by atoms with Crippen LogP contribution in [-0.2, 0) is 16.0 Å². The minimum Gasteiger partial charge on any atom is -0.469 e. The number of ether oxygens (including phenoxy) is 1. The van der Waals surface area contributed by atoms with E-state index in [4.69, 9.17) is 11.6 Å². The lowest BCUT2D eigenvalue weighted by Crippen LogP contribution is -2.38. The van der Waals surface area contributed by atoms with Crippen molar-refractivity contribution in [2.45, 2.75) is 19.8 Å². The Morgan fingerprint density at radius 2 is 2.00 bits per heavy atom. The van der Waals surface area contributed by atoms with Crippen molar-refractivity contribution in [2.24, 2.45) is 4.99 Å². The van der Waals surface area contributed by atoms with E-state index in [9.17, 15) is 4.79 Å². The first-order valence-electron chi connectivity index (χ1n) is 6.99. The molecule has 0 fully saturated rings. The van der Waals surface area contributed by atoms with E-state index in [2.05, 4.69) is 20.4 Å². The summed E-state index contributed by atoms with van der Waals surface area (Å²) >= 11 is 5.85. The van der Waals surface area contributed by atoms with Gasteiger partial charge in [0, 0.05) is 18.1 Å². The number of nitrogens with zero attached hydrogens (tertiary/aromatic N) is 1. The largest absolute Gasteiger partial charge is 0.469 e. The van der Waals surface area contributed by atoms with Crippen LogP contribution < -0.4 is 10.6 Å². The number of nitrogens with one attached hydrogen (secondary N) is 2. The quantitative estimate of drug-likeness (QED) is 0.459. The lowest BCUT2D eigenvalue weighted by molar-refractivity contribution is -0.140. The molecule has 0 saturated carbocycles. The molecule has 0 atom stereocenters. The molecule has 0 spiro atoms. The highest BCUT2D eigenvalue weighted by molar-refractivity contribution is 6.30. The van der Waals surface area contributed by atoms with Crippen LogP contribution in [-0.4, -0.2) is 38.7 Å². The van der Waals surface area contributed by atoms with Gasteiger partial charge in [0.25, 0.3) is 0 Å². The van der Waals surface area contributed by atoms with E-state index in [0.29, 0.717) is 12.5 Å². The van der Waals surface area contributed by atoms with E-state index < -0.39 is 0 Å². The highest BCUT2D eigenvalue weighted by Crippen LogP contribution is 2.09.